The molecule has 0 bridgehead atoms. The van der Waals surface area contributed by atoms with E-state index in [1.165, 1.54) is 11.1 Å². The number of rotatable bonds is 8. The topological polar surface area (TPSA) is 21.3 Å². The van der Waals surface area contributed by atoms with Crippen LogP contribution in [0.3, 0.4) is 0 Å². The Morgan fingerprint density at radius 1 is 1.11 bits per heavy atom. The molecule has 0 saturated carbocycles. The molecule has 0 heterocycles. The van der Waals surface area contributed by atoms with Crippen molar-refractivity contribution < 1.29 is 4.74 Å². The van der Waals surface area contributed by atoms with Crippen LogP contribution < -0.4 is 5.32 Å². The smallest absolute Gasteiger partial charge is 0.0726 e. The zero-order valence-electron chi connectivity index (χ0n) is 12.3. The van der Waals surface area contributed by atoms with Gasteiger partial charge in [0.15, 0.2) is 0 Å². The van der Waals surface area contributed by atoms with Crippen LogP contribution in [0.5, 0.6) is 0 Å². The second-order valence-electron chi connectivity index (χ2n) is 5.27. The summed E-state index contributed by atoms with van der Waals surface area (Å²) in [7, 11) is 0. The number of hydrogen-bond donors (Lipinski definition) is 1. The van der Waals surface area contributed by atoms with Gasteiger partial charge in [0.1, 0.15) is 0 Å². The molecule has 1 N–H and O–H groups in total. The standard InChI is InChI=1S/C16H27NO/c1-5-16(3,4)18-13-15-10-8-7-9-14(15)11-12-17-6-2/h7-10,17H,5-6,11-13H2,1-4H3. The highest BCUT2D eigenvalue weighted by atomic mass is 16.5. The lowest BCUT2D eigenvalue weighted by Gasteiger charge is -2.24. The van der Waals surface area contributed by atoms with Crippen molar-refractivity contribution >= 4 is 0 Å². The quantitative estimate of drug-likeness (QED) is 0.711. The molecule has 0 aromatic heterocycles. The van der Waals surface area contributed by atoms with E-state index >= 15 is 0 Å². The van der Waals surface area contributed by atoms with E-state index in [-0.39, 0.29) is 5.60 Å². The van der Waals surface area contributed by atoms with Gasteiger partial charge in [0.05, 0.1) is 12.2 Å². The number of nitrogens with one attached hydrogen (secondary N) is 1. The lowest BCUT2D eigenvalue weighted by Crippen LogP contribution is -2.23. The van der Waals surface area contributed by atoms with Crippen molar-refractivity contribution in [2.24, 2.45) is 0 Å². The van der Waals surface area contributed by atoms with E-state index in [0.29, 0.717) is 6.61 Å². The molecule has 1 aromatic carbocycles. The van der Waals surface area contributed by atoms with Crippen LogP contribution in [0.1, 0.15) is 45.2 Å². The second-order valence-corrected chi connectivity index (χ2v) is 5.27. The first-order valence-corrected chi connectivity index (χ1v) is 7.00. The zero-order chi connectivity index (χ0) is 13.4. The molecule has 0 atom stereocenters. The van der Waals surface area contributed by atoms with Gasteiger partial charge in [-0.1, -0.05) is 38.1 Å². The minimum Gasteiger partial charge on any atom is -0.371 e. The number of likely N-dealkylation sites (N-methyl/N-ethyl adjacent to an activating group) is 1. The van der Waals surface area contributed by atoms with E-state index < -0.39 is 0 Å². The van der Waals surface area contributed by atoms with Crippen LogP contribution in [0.2, 0.25) is 0 Å². The summed E-state index contributed by atoms with van der Waals surface area (Å²) in [6.07, 6.45) is 2.10. The van der Waals surface area contributed by atoms with E-state index in [9.17, 15) is 0 Å². The predicted octanol–water partition coefficient (Wildman–Crippen LogP) is 3.54. The molecule has 102 valence electrons. The highest BCUT2D eigenvalue weighted by molar-refractivity contribution is 5.26. The first-order chi connectivity index (χ1) is 8.59. The van der Waals surface area contributed by atoms with Crippen LogP contribution in [0, 0.1) is 0 Å². The molecule has 0 aliphatic rings. The summed E-state index contributed by atoms with van der Waals surface area (Å²) in [5.41, 5.74) is 2.68. The highest BCUT2D eigenvalue weighted by Gasteiger charge is 2.15. The van der Waals surface area contributed by atoms with Crippen molar-refractivity contribution in [1.82, 2.24) is 5.32 Å². The zero-order valence-corrected chi connectivity index (χ0v) is 12.3. The number of hydrogen-bond acceptors (Lipinski definition) is 2. The molecule has 18 heavy (non-hydrogen) atoms. The summed E-state index contributed by atoms with van der Waals surface area (Å²) in [4.78, 5) is 0. The van der Waals surface area contributed by atoms with Gasteiger partial charge in [-0.25, -0.2) is 0 Å². The second kappa shape index (κ2) is 7.55. The van der Waals surface area contributed by atoms with Gasteiger partial charge in [0.25, 0.3) is 0 Å². The molecule has 1 rings (SSSR count). The van der Waals surface area contributed by atoms with E-state index in [0.717, 1.165) is 25.9 Å². The number of ether oxygens (including phenoxy) is 1. The molecule has 0 fully saturated rings. The molecule has 0 spiro atoms. The Balaban J connectivity index is 2.58. The van der Waals surface area contributed by atoms with Gasteiger partial charge >= 0.3 is 0 Å². The average Bonchev–Trinajstić information content (AvgIpc) is 2.38. The van der Waals surface area contributed by atoms with Crippen LogP contribution in [-0.4, -0.2) is 18.7 Å². The first kappa shape index (κ1) is 15.2. The van der Waals surface area contributed by atoms with Gasteiger partial charge in [0.2, 0.25) is 0 Å². The van der Waals surface area contributed by atoms with Gasteiger partial charge in [-0.05, 0) is 50.9 Å². The monoisotopic (exact) mass is 249 g/mol. The normalized spacial score (nSPS) is 11.8. The minimum atomic E-state index is -0.0330. The van der Waals surface area contributed by atoms with Gasteiger partial charge in [-0.15, -0.1) is 0 Å². The Kier molecular flexibility index (Phi) is 6.37. The molecule has 2 heteroatoms. The Bertz CT molecular complexity index is 347. The molecular weight excluding hydrogens is 222 g/mol. The summed E-state index contributed by atoms with van der Waals surface area (Å²) in [5, 5.41) is 3.37. The highest BCUT2D eigenvalue weighted by Crippen LogP contribution is 2.18. The average molecular weight is 249 g/mol. The largest absolute Gasteiger partial charge is 0.371 e. The molecule has 1 aromatic rings. The molecule has 0 aliphatic heterocycles. The fourth-order valence-corrected chi connectivity index (χ4v) is 1.72. The molecular formula is C16H27NO. The molecule has 0 saturated heterocycles. The van der Waals surface area contributed by atoms with Gasteiger partial charge in [-0.2, -0.15) is 0 Å². The first-order valence-electron chi connectivity index (χ1n) is 7.00. The summed E-state index contributed by atoms with van der Waals surface area (Å²) >= 11 is 0. The maximum absolute atomic E-state index is 5.99. The van der Waals surface area contributed by atoms with E-state index in [1.807, 2.05) is 0 Å². The van der Waals surface area contributed by atoms with E-state index in [4.69, 9.17) is 4.74 Å². The van der Waals surface area contributed by atoms with Crippen molar-refractivity contribution in [3.63, 3.8) is 0 Å². The van der Waals surface area contributed by atoms with Crippen LogP contribution >= 0.6 is 0 Å². The summed E-state index contributed by atoms with van der Waals surface area (Å²) in [6.45, 7) is 11.4. The van der Waals surface area contributed by atoms with Crippen LogP contribution in [0.25, 0.3) is 0 Å². The van der Waals surface area contributed by atoms with Crippen molar-refractivity contribution in [3.8, 4) is 0 Å². The maximum atomic E-state index is 5.99. The molecule has 0 unspecified atom stereocenters. The van der Waals surface area contributed by atoms with E-state index in [1.54, 1.807) is 0 Å². The summed E-state index contributed by atoms with van der Waals surface area (Å²) in [5.74, 6) is 0. The predicted molar refractivity (Wildman–Crippen MR) is 77.8 cm³/mol. The maximum Gasteiger partial charge on any atom is 0.0726 e. The molecule has 0 aliphatic carbocycles. The Labute approximate surface area is 112 Å². The van der Waals surface area contributed by atoms with Gasteiger partial charge in [-0.3, -0.25) is 0 Å². The van der Waals surface area contributed by atoms with Gasteiger partial charge < -0.3 is 10.1 Å². The molecule has 0 radical (unpaired) electrons. The summed E-state index contributed by atoms with van der Waals surface area (Å²) in [6, 6.07) is 8.58. The van der Waals surface area contributed by atoms with Crippen LogP contribution in [-0.2, 0) is 17.8 Å². The van der Waals surface area contributed by atoms with Crippen molar-refractivity contribution in [1.29, 1.82) is 0 Å². The van der Waals surface area contributed by atoms with Crippen LogP contribution in [0.15, 0.2) is 24.3 Å². The third-order valence-corrected chi connectivity index (χ3v) is 3.41. The van der Waals surface area contributed by atoms with Gasteiger partial charge in [0, 0.05) is 0 Å². The minimum absolute atomic E-state index is 0.0330. The SMILES string of the molecule is CCNCCc1ccccc1COC(C)(C)CC. The fraction of sp³-hybridized carbons (Fsp3) is 0.625. The summed E-state index contributed by atoms with van der Waals surface area (Å²) < 4.78 is 5.99. The van der Waals surface area contributed by atoms with Crippen molar-refractivity contribution in [3.05, 3.63) is 35.4 Å². The van der Waals surface area contributed by atoms with Crippen LogP contribution in [0.4, 0.5) is 0 Å². The Morgan fingerprint density at radius 2 is 1.78 bits per heavy atom. The molecule has 0 amide bonds. The van der Waals surface area contributed by atoms with Crippen molar-refractivity contribution in [2.75, 3.05) is 13.1 Å². The molecule has 2 nitrogen and oxygen atoms in total. The van der Waals surface area contributed by atoms with Crippen molar-refractivity contribution in [2.45, 2.75) is 52.7 Å². The Morgan fingerprint density at radius 3 is 2.39 bits per heavy atom. The third kappa shape index (κ3) is 5.19. The Hall–Kier alpha value is -0.860. The number of benzene rings is 1. The van der Waals surface area contributed by atoms with E-state index in [2.05, 4.69) is 57.3 Å². The third-order valence-electron chi connectivity index (χ3n) is 3.41. The lowest BCUT2D eigenvalue weighted by molar-refractivity contribution is -0.0318. The fourth-order valence-electron chi connectivity index (χ4n) is 1.72. The lowest BCUT2D eigenvalue weighted by atomic mass is 10.0.